The van der Waals surface area contributed by atoms with E-state index in [0.29, 0.717) is 24.5 Å². The van der Waals surface area contributed by atoms with Crippen molar-refractivity contribution in [2.24, 2.45) is 0 Å². The van der Waals surface area contributed by atoms with E-state index in [1.165, 1.54) is 12.1 Å². The zero-order valence-corrected chi connectivity index (χ0v) is 11.7. The number of halogens is 4. The summed E-state index contributed by atoms with van der Waals surface area (Å²) in [6, 6.07) is 4.84. The Bertz CT molecular complexity index is 428. The summed E-state index contributed by atoms with van der Waals surface area (Å²) in [4.78, 5) is 13.7. The van der Waals surface area contributed by atoms with E-state index in [1.807, 2.05) is 6.92 Å². The molecule has 1 amide bonds. The van der Waals surface area contributed by atoms with Crippen LogP contribution in [0.25, 0.3) is 0 Å². The van der Waals surface area contributed by atoms with Crippen LogP contribution in [0.15, 0.2) is 24.3 Å². The highest BCUT2D eigenvalue weighted by molar-refractivity contribution is 6.18. The summed E-state index contributed by atoms with van der Waals surface area (Å²) in [6.07, 6.45) is -3.96. The summed E-state index contributed by atoms with van der Waals surface area (Å²) >= 11 is 5.62. The minimum absolute atomic E-state index is 0.258. The Kier molecular flexibility index (Phi) is 6.13. The molecule has 3 nitrogen and oxygen atoms in total. The predicted octanol–water partition coefficient (Wildman–Crippen LogP) is 3.68. The van der Waals surface area contributed by atoms with E-state index < -0.39 is 6.36 Å². The van der Waals surface area contributed by atoms with Gasteiger partial charge >= 0.3 is 6.36 Å². The fraction of sp³-hybridized carbons (Fsp3) is 0.462. The van der Waals surface area contributed by atoms with E-state index in [0.717, 1.165) is 18.6 Å². The largest absolute Gasteiger partial charge is 0.573 e. The number of rotatable bonds is 6. The third-order valence-electron chi connectivity index (χ3n) is 2.47. The van der Waals surface area contributed by atoms with Crippen molar-refractivity contribution >= 4 is 17.5 Å². The lowest BCUT2D eigenvalue weighted by molar-refractivity contribution is -0.274. The Balaban J connectivity index is 2.78. The van der Waals surface area contributed by atoms with Crippen LogP contribution in [0.5, 0.6) is 5.75 Å². The van der Waals surface area contributed by atoms with Crippen molar-refractivity contribution in [2.45, 2.75) is 19.7 Å². The van der Waals surface area contributed by atoms with Crippen LogP contribution in [0.2, 0.25) is 0 Å². The fourth-order valence-electron chi connectivity index (χ4n) is 1.67. The molecule has 0 unspecified atom stereocenters. The molecule has 20 heavy (non-hydrogen) atoms. The van der Waals surface area contributed by atoms with Crippen molar-refractivity contribution in [3.05, 3.63) is 29.8 Å². The first-order valence-electron chi connectivity index (χ1n) is 6.08. The van der Waals surface area contributed by atoms with Crippen molar-refractivity contribution in [3.8, 4) is 5.75 Å². The van der Waals surface area contributed by atoms with E-state index in [4.69, 9.17) is 11.6 Å². The number of hydrogen-bond donors (Lipinski definition) is 0. The third kappa shape index (κ3) is 5.28. The van der Waals surface area contributed by atoms with Crippen LogP contribution in [-0.4, -0.2) is 36.1 Å². The molecule has 0 N–H and O–H groups in total. The Labute approximate surface area is 120 Å². The lowest BCUT2D eigenvalue weighted by Crippen LogP contribution is -2.33. The molecule has 0 aliphatic rings. The number of hydrogen-bond acceptors (Lipinski definition) is 2. The number of benzene rings is 1. The summed E-state index contributed by atoms with van der Waals surface area (Å²) in [6.45, 7) is 2.87. The minimum Gasteiger partial charge on any atom is -0.406 e. The Morgan fingerprint density at radius 1 is 1.25 bits per heavy atom. The zero-order chi connectivity index (χ0) is 15.2. The predicted molar refractivity (Wildman–Crippen MR) is 70.0 cm³/mol. The molecule has 0 aromatic heterocycles. The van der Waals surface area contributed by atoms with Gasteiger partial charge < -0.3 is 9.64 Å². The number of amides is 1. The number of carbonyl (C=O) groups is 1. The van der Waals surface area contributed by atoms with E-state index in [2.05, 4.69) is 4.74 Å². The summed E-state index contributed by atoms with van der Waals surface area (Å²) in [7, 11) is 0. The Morgan fingerprint density at radius 3 is 2.30 bits per heavy atom. The van der Waals surface area contributed by atoms with Gasteiger partial charge in [-0.15, -0.1) is 24.8 Å². The monoisotopic (exact) mass is 309 g/mol. The molecule has 0 heterocycles. The maximum absolute atomic E-state index is 12.1. The number of nitrogens with zero attached hydrogens (tertiary/aromatic N) is 1. The lowest BCUT2D eigenvalue weighted by Gasteiger charge is -2.21. The SMILES string of the molecule is CCCN(CCCl)C(=O)c1ccc(OC(F)(F)F)cc1. The van der Waals surface area contributed by atoms with E-state index in [9.17, 15) is 18.0 Å². The summed E-state index contributed by atoms with van der Waals surface area (Å²) in [5, 5.41) is 0. The molecule has 0 aliphatic heterocycles. The van der Waals surface area contributed by atoms with Gasteiger partial charge in [-0.25, -0.2) is 0 Å². The molecule has 0 spiro atoms. The quantitative estimate of drug-likeness (QED) is 0.750. The van der Waals surface area contributed by atoms with Crippen molar-refractivity contribution < 1.29 is 22.7 Å². The van der Waals surface area contributed by atoms with Crippen molar-refractivity contribution in [1.82, 2.24) is 4.90 Å². The van der Waals surface area contributed by atoms with E-state index in [1.54, 1.807) is 4.90 Å². The molecule has 112 valence electrons. The molecule has 0 saturated heterocycles. The molecule has 0 bridgehead atoms. The molecule has 0 aliphatic carbocycles. The standard InChI is InChI=1S/C13H15ClF3NO2/c1-2-8-18(9-7-14)12(19)10-3-5-11(6-4-10)20-13(15,16)17/h3-6H,2,7-9H2,1H3. The molecule has 0 radical (unpaired) electrons. The van der Waals surface area contributed by atoms with Crippen LogP contribution in [0, 0.1) is 0 Å². The molecular weight excluding hydrogens is 295 g/mol. The van der Waals surface area contributed by atoms with Crippen molar-refractivity contribution in [2.75, 3.05) is 19.0 Å². The minimum atomic E-state index is -4.74. The average molecular weight is 310 g/mol. The van der Waals surface area contributed by atoms with Gasteiger partial charge in [0, 0.05) is 24.5 Å². The molecule has 1 rings (SSSR count). The first kappa shape index (κ1) is 16.6. The number of ether oxygens (including phenoxy) is 1. The second kappa shape index (κ2) is 7.38. The smallest absolute Gasteiger partial charge is 0.406 e. The van der Waals surface area contributed by atoms with Crippen LogP contribution >= 0.6 is 11.6 Å². The van der Waals surface area contributed by atoms with Gasteiger partial charge in [0.1, 0.15) is 5.75 Å². The van der Waals surface area contributed by atoms with Crippen LogP contribution in [0.3, 0.4) is 0 Å². The first-order valence-corrected chi connectivity index (χ1v) is 6.62. The second-order valence-electron chi connectivity index (χ2n) is 4.05. The van der Waals surface area contributed by atoms with Gasteiger partial charge in [-0.3, -0.25) is 4.79 Å². The van der Waals surface area contributed by atoms with Gasteiger partial charge in [-0.1, -0.05) is 6.92 Å². The van der Waals surface area contributed by atoms with Gasteiger partial charge in [0.15, 0.2) is 0 Å². The molecule has 1 aromatic rings. The topological polar surface area (TPSA) is 29.5 Å². The number of carbonyl (C=O) groups excluding carboxylic acids is 1. The van der Waals surface area contributed by atoms with Crippen molar-refractivity contribution in [3.63, 3.8) is 0 Å². The van der Waals surface area contributed by atoms with Gasteiger partial charge in [-0.2, -0.15) is 0 Å². The van der Waals surface area contributed by atoms with Gasteiger partial charge in [0.2, 0.25) is 0 Å². The highest BCUT2D eigenvalue weighted by Gasteiger charge is 2.31. The molecule has 7 heteroatoms. The van der Waals surface area contributed by atoms with E-state index in [-0.39, 0.29) is 11.7 Å². The molecule has 1 aromatic carbocycles. The highest BCUT2D eigenvalue weighted by Crippen LogP contribution is 2.23. The zero-order valence-electron chi connectivity index (χ0n) is 10.9. The summed E-state index contributed by atoms with van der Waals surface area (Å²) < 4.78 is 39.8. The van der Waals surface area contributed by atoms with Crippen LogP contribution in [0.4, 0.5) is 13.2 Å². The fourth-order valence-corrected chi connectivity index (χ4v) is 1.87. The molecule has 0 saturated carbocycles. The van der Waals surface area contributed by atoms with Crippen LogP contribution in [0.1, 0.15) is 23.7 Å². The summed E-state index contributed by atoms with van der Waals surface area (Å²) in [5.41, 5.74) is 0.304. The van der Waals surface area contributed by atoms with Gasteiger partial charge in [0.25, 0.3) is 5.91 Å². The third-order valence-corrected chi connectivity index (χ3v) is 2.64. The highest BCUT2D eigenvalue weighted by atomic mass is 35.5. The maximum atomic E-state index is 12.1. The van der Waals surface area contributed by atoms with Gasteiger partial charge in [-0.05, 0) is 30.7 Å². The second-order valence-corrected chi connectivity index (χ2v) is 4.43. The Hall–Kier alpha value is -1.43. The molecule has 0 fully saturated rings. The molecular formula is C13H15ClF3NO2. The average Bonchev–Trinajstić information content (AvgIpc) is 2.37. The first-order chi connectivity index (χ1) is 9.37. The van der Waals surface area contributed by atoms with Crippen LogP contribution in [-0.2, 0) is 0 Å². The maximum Gasteiger partial charge on any atom is 0.573 e. The van der Waals surface area contributed by atoms with Gasteiger partial charge in [0.05, 0.1) is 0 Å². The summed E-state index contributed by atoms with van der Waals surface area (Å²) in [5.74, 6) is -0.305. The normalized spacial score (nSPS) is 11.2. The Morgan fingerprint density at radius 2 is 1.85 bits per heavy atom. The van der Waals surface area contributed by atoms with Crippen molar-refractivity contribution in [1.29, 1.82) is 0 Å². The van der Waals surface area contributed by atoms with Crippen LogP contribution < -0.4 is 4.74 Å². The molecule has 0 atom stereocenters. The number of alkyl halides is 4. The lowest BCUT2D eigenvalue weighted by atomic mass is 10.2. The van der Waals surface area contributed by atoms with E-state index >= 15 is 0 Å².